The van der Waals surface area contributed by atoms with Crippen LogP contribution >= 0.6 is 11.8 Å². The van der Waals surface area contributed by atoms with Crippen LogP contribution in [0.4, 0.5) is 11.4 Å². The van der Waals surface area contributed by atoms with Gasteiger partial charge in [-0.2, -0.15) is 0 Å². The Labute approximate surface area is 181 Å². The average molecular weight is 408 g/mol. The summed E-state index contributed by atoms with van der Waals surface area (Å²) in [5.74, 6) is 0. The van der Waals surface area contributed by atoms with Crippen molar-refractivity contribution in [3.8, 4) is 0 Å². The van der Waals surface area contributed by atoms with Crippen molar-refractivity contribution < 1.29 is 0 Å². The molecular weight excluding hydrogens is 386 g/mol. The molecule has 30 heavy (non-hydrogen) atoms. The SMILES string of the molecule is c1ccc(C2N=C(c3ccccn3)SC2N(c2ccccc2)c2ccccc2)cc1. The van der Waals surface area contributed by atoms with Gasteiger partial charge in [0.15, 0.2) is 0 Å². The van der Waals surface area contributed by atoms with Crippen LogP contribution in [0.3, 0.4) is 0 Å². The van der Waals surface area contributed by atoms with Crippen molar-refractivity contribution in [2.45, 2.75) is 11.4 Å². The summed E-state index contributed by atoms with van der Waals surface area (Å²) in [4.78, 5) is 12.1. The van der Waals surface area contributed by atoms with Crippen LogP contribution in [0.1, 0.15) is 17.3 Å². The highest BCUT2D eigenvalue weighted by molar-refractivity contribution is 8.15. The van der Waals surface area contributed by atoms with E-state index in [1.165, 1.54) is 5.56 Å². The summed E-state index contributed by atoms with van der Waals surface area (Å²) in [6.07, 6.45) is 1.83. The highest BCUT2D eigenvalue weighted by Gasteiger charge is 2.37. The first-order chi connectivity index (χ1) is 14.9. The second kappa shape index (κ2) is 8.56. The summed E-state index contributed by atoms with van der Waals surface area (Å²) in [6.45, 7) is 0. The predicted octanol–water partition coefficient (Wildman–Crippen LogP) is 6.48. The molecule has 0 amide bonds. The van der Waals surface area contributed by atoms with Gasteiger partial charge in [0.1, 0.15) is 16.5 Å². The molecule has 3 aromatic carbocycles. The molecule has 0 saturated heterocycles. The largest absolute Gasteiger partial charge is 0.326 e. The van der Waals surface area contributed by atoms with Crippen molar-refractivity contribution in [1.82, 2.24) is 4.98 Å². The fourth-order valence-electron chi connectivity index (χ4n) is 3.72. The van der Waals surface area contributed by atoms with Crippen LogP contribution < -0.4 is 4.90 Å². The Bertz CT molecular complexity index is 1080. The van der Waals surface area contributed by atoms with E-state index < -0.39 is 0 Å². The van der Waals surface area contributed by atoms with Gasteiger partial charge < -0.3 is 4.90 Å². The Hall–Kier alpha value is -3.37. The Kier molecular flexibility index (Phi) is 5.32. The lowest BCUT2D eigenvalue weighted by atomic mass is 10.1. The normalized spacial score (nSPS) is 18.1. The molecule has 2 heterocycles. The number of rotatable bonds is 5. The highest BCUT2D eigenvalue weighted by atomic mass is 32.2. The maximum absolute atomic E-state index is 5.16. The molecule has 3 nitrogen and oxygen atoms in total. The fourth-order valence-corrected chi connectivity index (χ4v) is 5.06. The van der Waals surface area contributed by atoms with Crippen LogP contribution in [0.5, 0.6) is 0 Å². The summed E-state index contributed by atoms with van der Waals surface area (Å²) >= 11 is 1.78. The van der Waals surface area contributed by atoms with Gasteiger partial charge in [0.2, 0.25) is 0 Å². The lowest BCUT2D eigenvalue weighted by Gasteiger charge is -2.33. The second-order valence-electron chi connectivity index (χ2n) is 7.05. The number of thioether (sulfide) groups is 1. The topological polar surface area (TPSA) is 28.5 Å². The van der Waals surface area contributed by atoms with E-state index in [1.807, 2.05) is 24.4 Å². The van der Waals surface area contributed by atoms with Gasteiger partial charge in [-0.25, -0.2) is 0 Å². The third-order valence-electron chi connectivity index (χ3n) is 5.11. The molecule has 0 N–H and O–H groups in total. The van der Waals surface area contributed by atoms with E-state index in [0.717, 1.165) is 22.1 Å². The molecular formula is C26H21N3S. The van der Waals surface area contributed by atoms with Crippen LogP contribution in [0.2, 0.25) is 0 Å². The number of nitrogens with zero attached hydrogens (tertiary/aromatic N) is 3. The Morgan fingerprint density at radius 2 is 1.20 bits per heavy atom. The van der Waals surface area contributed by atoms with E-state index >= 15 is 0 Å². The zero-order chi connectivity index (χ0) is 20.2. The van der Waals surface area contributed by atoms with Crippen molar-refractivity contribution in [1.29, 1.82) is 0 Å². The first-order valence-corrected chi connectivity index (χ1v) is 10.9. The molecule has 2 unspecified atom stereocenters. The molecule has 2 atom stereocenters. The minimum absolute atomic E-state index is 0.00591. The standard InChI is InChI=1S/C26H21N3S/c1-4-12-20(13-5-1)24-26(30-25(28-24)23-18-10-11-19-27-23)29(21-14-6-2-7-15-21)22-16-8-3-9-17-22/h1-19,24,26H. The number of benzene rings is 3. The van der Waals surface area contributed by atoms with E-state index in [9.17, 15) is 0 Å². The monoisotopic (exact) mass is 407 g/mol. The van der Waals surface area contributed by atoms with Crippen LogP contribution in [0.15, 0.2) is 120 Å². The molecule has 0 spiro atoms. The van der Waals surface area contributed by atoms with E-state index in [-0.39, 0.29) is 11.4 Å². The smallest absolute Gasteiger partial charge is 0.119 e. The molecule has 1 aliphatic rings. The highest BCUT2D eigenvalue weighted by Crippen LogP contribution is 2.45. The van der Waals surface area contributed by atoms with E-state index in [4.69, 9.17) is 4.99 Å². The zero-order valence-corrected chi connectivity index (χ0v) is 17.2. The molecule has 0 radical (unpaired) electrons. The lowest BCUT2D eigenvalue weighted by molar-refractivity contribution is 0.694. The number of aliphatic imine (C=N–C) groups is 1. The van der Waals surface area contributed by atoms with Crippen molar-refractivity contribution in [2.24, 2.45) is 4.99 Å². The number of para-hydroxylation sites is 2. The van der Waals surface area contributed by atoms with Gasteiger partial charge in [0.05, 0.1) is 5.69 Å². The Balaban J connectivity index is 1.62. The van der Waals surface area contributed by atoms with Crippen LogP contribution in [0.25, 0.3) is 0 Å². The molecule has 0 aliphatic carbocycles. The van der Waals surface area contributed by atoms with Gasteiger partial charge >= 0.3 is 0 Å². The minimum Gasteiger partial charge on any atom is -0.326 e. The van der Waals surface area contributed by atoms with Gasteiger partial charge in [-0.1, -0.05) is 84.6 Å². The quantitative estimate of drug-likeness (QED) is 0.379. The molecule has 1 aliphatic heterocycles. The van der Waals surface area contributed by atoms with E-state index in [2.05, 4.69) is 101 Å². The zero-order valence-electron chi connectivity index (χ0n) is 16.4. The molecule has 0 fully saturated rings. The van der Waals surface area contributed by atoms with Crippen LogP contribution in [-0.2, 0) is 0 Å². The third-order valence-corrected chi connectivity index (χ3v) is 6.36. The average Bonchev–Trinajstić information content (AvgIpc) is 3.27. The van der Waals surface area contributed by atoms with Crippen LogP contribution in [-0.4, -0.2) is 15.4 Å². The summed E-state index contributed by atoms with van der Waals surface area (Å²) in [5.41, 5.74) is 4.43. The maximum Gasteiger partial charge on any atom is 0.119 e. The van der Waals surface area contributed by atoms with Crippen molar-refractivity contribution >= 4 is 28.2 Å². The van der Waals surface area contributed by atoms with Gasteiger partial charge in [-0.05, 0) is 42.0 Å². The number of anilines is 2. The first-order valence-electron chi connectivity index (χ1n) is 10.0. The second-order valence-corrected chi connectivity index (χ2v) is 8.16. The number of hydrogen-bond donors (Lipinski definition) is 0. The third kappa shape index (κ3) is 3.74. The summed E-state index contributed by atoms with van der Waals surface area (Å²) in [6, 6.07) is 37.6. The lowest BCUT2D eigenvalue weighted by Crippen LogP contribution is -2.31. The molecule has 1 aromatic heterocycles. The molecule has 5 rings (SSSR count). The fraction of sp³-hybridized carbons (Fsp3) is 0.0769. The summed E-state index contributed by atoms with van der Waals surface area (Å²) < 4.78 is 0. The Morgan fingerprint density at radius 1 is 0.633 bits per heavy atom. The summed E-state index contributed by atoms with van der Waals surface area (Å²) in [5, 5.41) is 1.06. The molecule has 4 heteroatoms. The number of aromatic nitrogens is 1. The molecule has 146 valence electrons. The van der Waals surface area contributed by atoms with Crippen molar-refractivity contribution in [3.05, 3.63) is 127 Å². The number of pyridine rings is 1. The van der Waals surface area contributed by atoms with E-state index in [0.29, 0.717) is 0 Å². The number of hydrogen-bond acceptors (Lipinski definition) is 4. The Morgan fingerprint density at radius 3 is 1.77 bits per heavy atom. The van der Waals surface area contributed by atoms with Crippen LogP contribution in [0, 0.1) is 0 Å². The first kappa shape index (κ1) is 18.6. The van der Waals surface area contributed by atoms with Crippen molar-refractivity contribution in [2.75, 3.05) is 4.90 Å². The van der Waals surface area contributed by atoms with Gasteiger partial charge in [0, 0.05) is 17.6 Å². The predicted molar refractivity (Wildman–Crippen MR) is 126 cm³/mol. The van der Waals surface area contributed by atoms with E-state index in [1.54, 1.807) is 11.8 Å². The summed E-state index contributed by atoms with van der Waals surface area (Å²) in [7, 11) is 0. The minimum atomic E-state index is -0.00591. The molecule has 4 aromatic rings. The van der Waals surface area contributed by atoms with Crippen molar-refractivity contribution in [3.63, 3.8) is 0 Å². The maximum atomic E-state index is 5.16. The van der Waals surface area contributed by atoms with Gasteiger partial charge in [-0.15, -0.1) is 0 Å². The molecule has 0 saturated carbocycles. The van der Waals surface area contributed by atoms with Gasteiger partial charge in [-0.3, -0.25) is 9.98 Å². The molecule has 0 bridgehead atoms. The van der Waals surface area contributed by atoms with Gasteiger partial charge in [0.25, 0.3) is 0 Å².